The third-order valence-corrected chi connectivity index (χ3v) is 4.28. The standard InChI is InChI=1S/C21H23N3O/c1-24(2)13-11-20(16-6-4-3-5-7-16)23-21(25)18-8-9-19-15-22-12-10-17(19)14-18/h3-10,12,14-15,20H,11,13H2,1-2H3,(H,23,25). The van der Waals surface area contributed by atoms with Crippen LogP contribution in [-0.4, -0.2) is 36.4 Å². The van der Waals surface area contributed by atoms with E-state index in [0.29, 0.717) is 5.56 Å². The highest BCUT2D eigenvalue weighted by molar-refractivity contribution is 5.98. The summed E-state index contributed by atoms with van der Waals surface area (Å²) >= 11 is 0. The number of nitrogens with zero attached hydrogens (tertiary/aromatic N) is 2. The van der Waals surface area contributed by atoms with Gasteiger partial charge in [0.2, 0.25) is 0 Å². The number of carbonyl (C=O) groups is 1. The van der Waals surface area contributed by atoms with Crippen LogP contribution in [0.5, 0.6) is 0 Å². The van der Waals surface area contributed by atoms with Gasteiger partial charge in [-0.25, -0.2) is 0 Å². The molecule has 1 amide bonds. The first kappa shape index (κ1) is 17.1. The van der Waals surface area contributed by atoms with Crippen LogP contribution in [0.2, 0.25) is 0 Å². The Labute approximate surface area is 148 Å². The van der Waals surface area contributed by atoms with E-state index < -0.39 is 0 Å². The zero-order valence-electron chi connectivity index (χ0n) is 14.6. The Morgan fingerprint density at radius 2 is 1.88 bits per heavy atom. The molecule has 1 N–H and O–H groups in total. The predicted octanol–water partition coefficient (Wildman–Crippen LogP) is 3.66. The first-order valence-corrected chi connectivity index (χ1v) is 8.48. The van der Waals surface area contributed by atoms with E-state index >= 15 is 0 Å². The van der Waals surface area contributed by atoms with Crippen molar-refractivity contribution in [2.75, 3.05) is 20.6 Å². The number of aromatic nitrogens is 1. The predicted molar refractivity (Wildman–Crippen MR) is 102 cm³/mol. The average Bonchev–Trinajstić information content (AvgIpc) is 2.65. The van der Waals surface area contributed by atoms with Gasteiger partial charge in [-0.2, -0.15) is 0 Å². The van der Waals surface area contributed by atoms with Crippen LogP contribution >= 0.6 is 0 Å². The minimum Gasteiger partial charge on any atom is -0.345 e. The first-order chi connectivity index (χ1) is 12.1. The molecule has 0 bridgehead atoms. The van der Waals surface area contributed by atoms with Gasteiger partial charge in [0.25, 0.3) is 5.91 Å². The van der Waals surface area contributed by atoms with Crippen molar-refractivity contribution in [3.8, 4) is 0 Å². The number of hydrogen-bond donors (Lipinski definition) is 1. The second kappa shape index (κ2) is 7.90. The Hall–Kier alpha value is -2.72. The van der Waals surface area contributed by atoms with Crippen molar-refractivity contribution in [3.05, 3.63) is 78.1 Å². The summed E-state index contributed by atoms with van der Waals surface area (Å²) in [6.45, 7) is 0.906. The SMILES string of the molecule is CN(C)CCC(NC(=O)c1ccc2cnccc2c1)c1ccccc1. The molecule has 0 fully saturated rings. The maximum absolute atomic E-state index is 12.8. The Kier molecular flexibility index (Phi) is 5.41. The lowest BCUT2D eigenvalue weighted by atomic mass is 10.0. The summed E-state index contributed by atoms with van der Waals surface area (Å²) in [5.41, 5.74) is 1.80. The molecule has 3 rings (SSSR count). The molecule has 0 saturated heterocycles. The van der Waals surface area contributed by atoms with Crippen LogP contribution in [-0.2, 0) is 0 Å². The van der Waals surface area contributed by atoms with Gasteiger partial charge >= 0.3 is 0 Å². The lowest BCUT2D eigenvalue weighted by Gasteiger charge is -2.21. The quantitative estimate of drug-likeness (QED) is 0.749. The number of fused-ring (bicyclic) bond motifs is 1. The van der Waals surface area contributed by atoms with Crippen LogP contribution in [0.3, 0.4) is 0 Å². The molecule has 2 aromatic carbocycles. The molecule has 0 aliphatic carbocycles. The van der Waals surface area contributed by atoms with Crippen molar-refractivity contribution in [1.82, 2.24) is 15.2 Å². The minimum absolute atomic E-state index is 0.00997. The van der Waals surface area contributed by atoms with E-state index in [1.807, 2.05) is 56.6 Å². The van der Waals surface area contributed by atoms with Crippen molar-refractivity contribution in [1.29, 1.82) is 0 Å². The normalized spacial score (nSPS) is 12.3. The zero-order valence-corrected chi connectivity index (χ0v) is 14.6. The zero-order chi connectivity index (χ0) is 17.6. The van der Waals surface area contributed by atoms with Gasteiger partial charge in [0.1, 0.15) is 0 Å². The maximum atomic E-state index is 12.8. The minimum atomic E-state index is -0.0497. The van der Waals surface area contributed by atoms with Gasteiger partial charge in [-0.05, 0) is 56.2 Å². The molecule has 0 aliphatic rings. The van der Waals surface area contributed by atoms with E-state index in [2.05, 4.69) is 27.3 Å². The Morgan fingerprint density at radius 1 is 1.08 bits per heavy atom. The molecule has 25 heavy (non-hydrogen) atoms. The van der Waals surface area contributed by atoms with Crippen molar-refractivity contribution >= 4 is 16.7 Å². The molecule has 1 atom stereocenters. The average molecular weight is 333 g/mol. The number of hydrogen-bond acceptors (Lipinski definition) is 3. The Balaban J connectivity index is 1.80. The van der Waals surface area contributed by atoms with E-state index in [9.17, 15) is 4.79 Å². The van der Waals surface area contributed by atoms with Crippen molar-refractivity contribution in [2.24, 2.45) is 0 Å². The fourth-order valence-electron chi connectivity index (χ4n) is 2.86. The largest absolute Gasteiger partial charge is 0.345 e. The molecule has 4 heteroatoms. The summed E-state index contributed by atoms with van der Waals surface area (Å²) < 4.78 is 0. The molecular weight excluding hydrogens is 310 g/mol. The molecule has 1 aromatic heterocycles. The highest BCUT2D eigenvalue weighted by Gasteiger charge is 2.16. The second-order valence-electron chi connectivity index (χ2n) is 6.47. The van der Waals surface area contributed by atoms with Gasteiger partial charge in [0.15, 0.2) is 0 Å². The fourth-order valence-corrected chi connectivity index (χ4v) is 2.86. The van der Waals surface area contributed by atoms with Gasteiger partial charge in [-0.1, -0.05) is 36.4 Å². The molecular formula is C21H23N3O. The van der Waals surface area contributed by atoms with Crippen molar-refractivity contribution < 1.29 is 4.79 Å². The molecule has 0 spiro atoms. The number of amides is 1. The van der Waals surface area contributed by atoms with Crippen LogP contribution in [0.4, 0.5) is 0 Å². The van der Waals surface area contributed by atoms with Gasteiger partial charge in [-0.3, -0.25) is 9.78 Å². The van der Waals surface area contributed by atoms with Crippen LogP contribution in [0.25, 0.3) is 10.8 Å². The number of pyridine rings is 1. The molecule has 128 valence electrons. The molecule has 1 heterocycles. The van der Waals surface area contributed by atoms with Crippen LogP contribution in [0.1, 0.15) is 28.4 Å². The van der Waals surface area contributed by atoms with Gasteiger partial charge in [0.05, 0.1) is 6.04 Å². The van der Waals surface area contributed by atoms with Gasteiger partial charge < -0.3 is 10.2 Å². The summed E-state index contributed by atoms with van der Waals surface area (Å²) in [7, 11) is 4.09. The Bertz CT molecular complexity index is 846. The molecule has 0 radical (unpaired) electrons. The van der Waals surface area contributed by atoms with E-state index in [1.165, 1.54) is 0 Å². The third-order valence-electron chi connectivity index (χ3n) is 4.28. The summed E-state index contributed by atoms with van der Waals surface area (Å²) in [5, 5.41) is 5.24. The van der Waals surface area contributed by atoms with Crippen molar-refractivity contribution in [3.63, 3.8) is 0 Å². The lowest BCUT2D eigenvalue weighted by molar-refractivity contribution is 0.0933. The third kappa shape index (κ3) is 4.43. The summed E-state index contributed by atoms with van der Waals surface area (Å²) in [5.74, 6) is -0.0497. The number of rotatable bonds is 6. The van der Waals surface area contributed by atoms with E-state index in [-0.39, 0.29) is 11.9 Å². The maximum Gasteiger partial charge on any atom is 0.251 e. The molecule has 1 unspecified atom stereocenters. The van der Waals surface area contributed by atoms with Crippen LogP contribution in [0, 0.1) is 0 Å². The second-order valence-corrected chi connectivity index (χ2v) is 6.47. The highest BCUT2D eigenvalue weighted by atomic mass is 16.1. The van der Waals surface area contributed by atoms with Gasteiger partial charge in [0, 0.05) is 23.3 Å². The lowest BCUT2D eigenvalue weighted by Crippen LogP contribution is -2.31. The van der Waals surface area contributed by atoms with Gasteiger partial charge in [-0.15, -0.1) is 0 Å². The van der Waals surface area contributed by atoms with Crippen LogP contribution in [0.15, 0.2) is 67.0 Å². The molecule has 3 aromatic rings. The van der Waals surface area contributed by atoms with E-state index in [1.54, 1.807) is 12.4 Å². The number of benzene rings is 2. The first-order valence-electron chi connectivity index (χ1n) is 8.48. The monoisotopic (exact) mass is 333 g/mol. The smallest absolute Gasteiger partial charge is 0.251 e. The summed E-state index contributed by atoms with van der Waals surface area (Å²) in [4.78, 5) is 19.0. The summed E-state index contributed by atoms with van der Waals surface area (Å²) in [6.07, 6.45) is 4.41. The molecule has 4 nitrogen and oxygen atoms in total. The number of nitrogens with one attached hydrogen (secondary N) is 1. The Morgan fingerprint density at radius 3 is 2.64 bits per heavy atom. The summed E-state index contributed by atoms with van der Waals surface area (Å²) in [6, 6.07) is 17.8. The highest BCUT2D eigenvalue weighted by Crippen LogP contribution is 2.19. The molecule has 0 aliphatic heterocycles. The topological polar surface area (TPSA) is 45.2 Å². The van der Waals surface area contributed by atoms with E-state index in [0.717, 1.165) is 29.3 Å². The molecule has 0 saturated carbocycles. The van der Waals surface area contributed by atoms with Crippen molar-refractivity contribution in [2.45, 2.75) is 12.5 Å². The fraction of sp³-hybridized carbons (Fsp3) is 0.238. The van der Waals surface area contributed by atoms with Crippen LogP contribution < -0.4 is 5.32 Å². The number of carbonyl (C=O) groups excluding carboxylic acids is 1. The van der Waals surface area contributed by atoms with E-state index in [4.69, 9.17) is 0 Å².